The number of hydrogen-bond donors (Lipinski definition) is 1. The number of fused-ring (bicyclic) bond motifs is 5. The van der Waals surface area contributed by atoms with Crippen LogP contribution >= 0.6 is 22.9 Å². The van der Waals surface area contributed by atoms with Crippen molar-refractivity contribution in [2.45, 2.75) is 18.3 Å². The third-order valence-corrected chi connectivity index (χ3v) is 6.02. The number of benzene rings is 1. The number of morpholine rings is 1. The maximum Gasteiger partial charge on any atom is 0.420 e. The molecule has 2 bridgehead atoms. The van der Waals surface area contributed by atoms with Gasteiger partial charge in [-0.2, -0.15) is 18.2 Å². The first-order valence-electron chi connectivity index (χ1n) is 8.61. The summed E-state index contributed by atoms with van der Waals surface area (Å²) in [4.78, 5) is 10.3. The van der Waals surface area contributed by atoms with Crippen molar-refractivity contribution in [3.05, 3.63) is 28.2 Å². The molecule has 3 aromatic rings. The second-order valence-corrected chi connectivity index (χ2v) is 8.01. The average Bonchev–Trinajstić information content (AvgIpc) is 3.21. The molecule has 2 atom stereocenters. The molecule has 2 aromatic heterocycles. The van der Waals surface area contributed by atoms with Gasteiger partial charge in [0.2, 0.25) is 0 Å². The monoisotopic (exact) mass is 430 g/mol. The fraction of sp³-hybridized carbons (Fsp3) is 0.412. The summed E-state index contributed by atoms with van der Waals surface area (Å²) in [6.45, 7) is 2.27. The van der Waals surface area contributed by atoms with Crippen molar-refractivity contribution in [1.82, 2.24) is 15.3 Å². The minimum absolute atomic E-state index is 0.0377. The van der Waals surface area contributed by atoms with E-state index in [1.165, 1.54) is 17.4 Å². The molecule has 28 heavy (non-hydrogen) atoms. The lowest BCUT2D eigenvalue weighted by Crippen LogP contribution is -2.49. The number of ether oxygens (including phenoxy) is 1. The third kappa shape index (κ3) is 2.95. The lowest BCUT2D eigenvalue weighted by molar-refractivity contribution is -0.136. The van der Waals surface area contributed by atoms with E-state index >= 15 is 0 Å². The smallest absolute Gasteiger partial charge is 0.420 e. The molecule has 0 amide bonds. The van der Waals surface area contributed by atoms with Crippen molar-refractivity contribution >= 4 is 40.1 Å². The summed E-state index contributed by atoms with van der Waals surface area (Å²) in [7, 11) is 0. The molecular weight excluding hydrogens is 417 g/mol. The van der Waals surface area contributed by atoms with Gasteiger partial charge in [-0.25, -0.2) is 4.98 Å². The number of halogens is 4. The highest BCUT2D eigenvalue weighted by Gasteiger charge is 2.40. The number of nitrogens with zero attached hydrogens (tertiary/aromatic N) is 3. The van der Waals surface area contributed by atoms with Crippen LogP contribution in [0, 0.1) is 0 Å². The van der Waals surface area contributed by atoms with Gasteiger partial charge in [0.15, 0.2) is 5.58 Å². The van der Waals surface area contributed by atoms with Crippen LogP contribution < -0.4 is 10.2 Å². The van der Waals surface area contributed by atoms with Crippen LogP contribution in [0.15, 0.2) is 22.1 Å². The summed E-state index contributed by atoms with van der Waals surface area (Å²) in [6, 6.07) is 1.32. The SMILES string of the molecule is FC(F)(F)c1c(Cl)cc(-c2nccs2)c2oc(N3CC4CNCC3CO4)nc12. The molecule has 3 aliphatic heterocycles. The summed E-state index contributed by atoms with van der Waals surface area (Å²) >= 11 is 7.32. The largest absolute Gasteiger partial charge is 0.423 e. The number of oxazole rings is 1. The predicted octanol–water partition coefficient (Wildman–Crippen LogP) is 3.80. The van der Waals surface area contributed by atoms with E-state index in [2.05, 4.69) is 15.3 Å². The Morgan fingerprint density at radius 1 is 1.32 bits per heavy atom. The Morgan fingerprint density at radius 2 is 2.18 bits per heavy atom. The Morgan fingerprint density at radius 3 is 2.93 bits per heavy atom. The van der Waals surface area contributed by atoms with Gasteiger partial charge in [0, 0.05) is 24.7 Å². The van der Waals surface area contributed by atoms with Gasteiger partial charge >= 0.3 is 6.18 Å². The second kappa shape index (κ2) is 6.58. The van der Waals surface area contributed by atoms with Crippen LogP contribution in [-0.4, -0.2) is 48.4 Å². The zero-order valence-corrected chi connectivity index (χ0v) is 15.9. The van der Waals surface area contributed by atoms with Gasteiger partial charge in [0.05, 0.1) is 35.9 Å². The number of aromatic nitrogens is 2. The molecule has 0 radical (unpaired) electrons. The summed E-state index contributed by atoms with van der Waals surface area (Å²) in [5, 5.41) is 5.11. The molecule has 1 N–H and O–H groups in total. The van der Waals surface area contributed by atoms with E-state index in [9.17, 15) is 13.2 Å². The minimum atomic E-state index is -4.66. The number of rotatable bonds is 2. The molecule has 5 heterocycles. The second-order valence-electron chi connectivity index (χ2n) is 6.71. The molecule has 1 aromatic carbocycles. The van der Waals surface area contributed by atoms with Crippen LogP contribution in [0.3, 0.4) is 0 Å². The quantitative estimate of drug-likeness (QED) is 0.667. The molecule has 3 aliphatic rings. The molecule has 0 aliphatic carbocycles. The first-order valence-corrected chi connectivity index (χ1v) is 9.86. The highest BCUT2D eigenvalue weighted by Crippen LogP contribution is 2.45. The van der Waals surface area contributed by atoms with E-state index in [4.69, 9.17) is 20.8 Å². The van der Waals surface area contributed by atoms with E-state index in [1.807, 2.05) is 4.90 Å². The molecule has 0 spiro atoms. The fourth-order valence-electron chi connectivity index (χ4n) is 3.64. The number of thiazole rings is 1. The maximum atomic E-state index is 13.7. The first-order chi connectivity index (χ1) is 13.4. The first kappa shape index (κ1) is 18.2. The van der Waals surface area contributed by atoms with E-state index in [0.29, 0.717) is 36.8 Å². The molecule has 2 unspecified atom stereocenters. The Kier molecular flexibility index (Phi) is 4.27. The third-order valence-electron chi connectivity index (χ3n) is 4.92. The van der Waals surface area contributed by atoms with Gasteiger partial charge in [-0.3, -0.25) is 0 Å². The Hall–Kier alpha value is -1.88. The molecule has 6 rings (SSSR count). The number of anilines is 1. The minimum Gasteiger partial charge on any atom is -0.423 e. The number of alkyl halides is 3. The van der Waals surface area contributed by atoms with Gasteiger partial charge in [-0.1, -0.05) is 11.6 Å². The fourth-order valence-corrected chi connectivity index (χ4v) is 4.60. The van der Waals surface area contributed by atoms with Crippen molar-refractivity contribution in [1.29, 1.82) is 0 Å². The van der Waals surface area contributed by atoms with Gasteiger partial charge in [-0.15, -0.1) is 11.3 Å². The average molecular weight is 431 g/mol. The summed E-state index contributed by atoms with van der Waals surface area (Å²) < 4.78 is 52.7. The van der Waals surface area contributed by atoms with Crippen LogP contribution in [0.5, 0.6) is 0 Å². The van der Waals surface area contributed by atoms with E-state index in [0.717, 1.165) is 0 Å². The maximum absolute atomic E-state index is 13.7. The highest BCUT2D eigenvalue weighted by atomic mass is 35.5. The van der Waals surface area contributed by atoms with Crippen LogP contribution in [0.25, 0.3) is 21.7 Å². The van der Waals surface area contributed by atoms with Gasteiger partial charge in [0.1, 0.15) is 16.1 Å². The molecule has 11 heteroatoms. The summed E-state index contributed by atoms with van der Waals surface area (Å²) in [5.74, 6) is 0. The Labute approximate surface area is 166 Å². The number of nitrogens with one attached hydrogen (secondary N) is 1. The molecule has 0 saturated carbocycles. The highest BCUT2D eigenvalue weighted by molar-refractivity contribution is 7.13. The molecule has 6 nitrogen and oxygen atoms in total. The van der Waals surface area contributed by atoms with Crippen LogP contribution in [0.4, 0.5) is 19.2 Å². The van der Waals surface area contributed by atoms with Crippen molar-refractivity contribution < 1.29 is 22.3 Å². The van der Waals surface area contributed by atoms with Crippen LogP contribution in [-0.2, 0) is 10.9 Å². The molecular formula is C17H14ClF3N4O2S. The van der Waals surface area contributed by atoms with Crippen molar-refractivity contribution in [3.63, 3.8) is 0 Å². The van der Waals surface area contributed by atoms with Crippen LogP contribution in [0.1, 0.15) is 5.56 Å². The van der Waals surface area contributed by atoms with Gasteiger partial charge < -0.3 is 19.4 Å². The predicted molar refractivity (Wildman–Crippen MR) is 98.9 cm³/mol. The zero-order chi connectivity index (χ0) is 19.5. The lowest BCUT2D eigenvalue weighted by atomic mass is 10.1. The van der Waals surface area contributed by atoms with E-state index in [-0.39, 0.29) is 29.3 Å². The normalized spacial score (nSPS) is 22.8. The van der Waals surface area contributed by atoms with Gasteiger partial charge in [-0.05, 0) is 6.07 Å². The Bertz CT molecular complexity index is 1020. The standard InChI is InChI=1S/C17H14ClF3N4O2S/c18-11-3-10(15-23-1-2-28-15)14-13(12(11)17(19,20)21)24-16(27-14)25-6-9-5-22-4-8(25)7-26-9/h1-3,8-9,22H,4-7H2. The topological polar surface area (TPSA) is 63.4 Å². The van der Waals surface area contributed by atoms with E-state index in [1.54, 1.807) is 11.6 Å². The summed E-state index contributed by atoms with van der Waals surface area (Å²) in [6.07, 6.45) is -3.16. The van der Waals surface area contributed by atoms with Crippen molar-refractivity contribution in [3.8, 4) is 10.6 Å². The van der Waals surface area contributed by atoms with Crippen molar-refractivity contribution in [2.75, 3.05) is 31.1 Å². The molecule has 3 saturated heterocycles. The van der Waals surface area contributed by atoms with Crippen molar-refractivity contribution in [2.24, 2.45) is 0 Å². The van der Waals surface area contributed by atoms with Gasteiger partial charge in [0.25, 0.3) is 6.01 Å². The summed E-state index contributed by atoms with van der Waals surface area (Å²) in [5.41, 5.74) is -0.852. The molecule has 148 valence electrons. The van der Waals surface area contributed by atoms with E-state index < -0.39 is 16.8 Å². The van der Waals surface area contributed by atoms with Crippen LogP contribution in [0.2, 0.25) is 5.02 Å². The zero-order valence-electron chi connectivity index (χ0n) is 14.3. The number of hydrogen-bond acceptors (Lipinski definition) is 7. The lowest BCUT2D eigenvalue weighted by Gasteiger charge is -2.34. The molecule has 3 fully saturated rings. The Balaban J connectivity index is 1.72.